The average molecular weight is 201 g/mol. The second-order valence-corrected chi connectivity index (χ2v) is 3.68. The largest absolute Gasteiger partial charge is 0.437 e. The third kappa shape index (κ3) is 1.38. The average Bonchev–Trinajstić information content (AvgIpc) is 2.59. The molecule has 1 aliphatic rings. The minimum Gasteiger partial charge on any atom is -0.437 e. The Labute approximate surface area is 87.5 Å². The summed E-state index contributed by atoms with van der Waals surface area (Å²) in [6.07, 6.45) is 4.47. The quantitative estimate of drug-likeness (QED) is 0.654. The van der Waals surface area contributed by atoms with Crippen molar-refractivity contribution in [2.24, 2.45) is 0 Å². The highest BCUT2D eigenvalue weighted by molar-refractivity contribution is 5.36. The van der Waals surface area contributed by atoms with E-state index in [4.69, 9.17) is 4.74 Å². The molecule has 1 aliphatic heterocycles. The van der Waals surface area contributed by atoms with Crippen LogP contribution in [0.4, 0.5) is 0 Å². The van der Waals surface area contributed by atoms with Crippen LogP contribution in [-0.2, 0) is 13.0 Å². The predicted octanol–water partition coefficient (Wildman–Crippen LogP) is 1.93. The molecule has 0 atom stereocenters. The van der Waals surface area contributed by atoms with Crippen LogP contribution in [0.15, 0.2) is 24.5 Å². The van der Waals surface area contributed by atoms with Gasteiger partial charge in [0.15, 0.2) is 5.75 Å². The van der Waals surface area contributed by atoms with E-state index in [0.717, 1.165) is 30.3 Å². The molecule has 0 N–H and O–H groups in total. The Morgan fingerprint density at radius 3 is 3.33 bits per heavy atom. The van der Waals surface area contributed by atoms with E-state index in [9.17, 15) is 0 Å². The summed E-state index contributed by atoms with van der Waals surface area (Å²) in [5.74, 6) is 1.64. The SMILES string of the molecule is Cc1cc2c(cn1)Oc1ccnn1CC2. The van der Waals surface area contributed by atoms with Gasteiger partial charge in [-0.2, -0.15) is 5.10 Å². The first-order chi connectivity index (χ1) is 7.33. The van der Waals surface area contributed by atoms with Crippen molar-refractivity contribution < 1.29 is 4.74 Å². The molecule has 0 unspecified atom stereocenters. The van der Waals surface area contributed by atoms with Crippen LogP contribution in [-0.4, -0.2) is 14.8 Å². The third-order valence-electron chi connectivity index (χ3n) is 2.57. The van der Waals surface area contributed by atoms with Crippen molar-refractivity contribution >= 4 is 0 Å². The van der Waals surface area contributed by atoms with Gasteiger partial charge in [-0.05, 0) is 19.4 Å². The Morgan fingerprint density at radius 2 is 2.40 bits per heavy atom. The number of hydrogen-bond acceptors (Lipinski definition) is 3. The lowest BCUT2D eigenvalue weighted by Gasteiger charge is -2.05. The fraction of sp³-hybridized carbons (Fsp3) is 0.273. The van der Waals surface area contributed by atoms with Gasteiger partial charge < -0.3 is 4.74 Å². The van der Waals surface area contributed by atoms with Crippen LogP contribution < -0.4 is 4.74 Å². The summed E-state index contributed by atoms with van der Waals surface area (Å²) in [7, 11) is 0. The van der Waals surface area contributed by atoms with Crippen LogP contribution in [0.5, 0.6) is 11.6 Å². The lowest BCUT2D eigenvalue weighted by Crippen LogP contribution is -2.00. The first-order valence-electron chi connectivity index (χ1n) is 4.98. The highest BCUT2D eigenvalue weighted by Gasteiger charge is 2.14. The van der Waals surface area contributed by atoms with E-state index in [1.165, 1.54) is 5.56 Å². The van der Waals surface area contributed by atoms with Crippen LogP contribution in [0, 0.1) is 6.92 Å². The van der Waals surface area contributed by atoms with Crippen molar-refractivity contribution in [3.05, 3.63) is 35.8 Å². The van der Waals surface area contributed by atoms with Gasteiger partial charge in [-0.3, -0.25) is 4.98 Å². The number of nitrogens with zero attached hydrogens (tertiary/aromatic N) is 3. The fourth-order valence-corrected chi connectivity index (χ4v) is 1.81. The van der Waals surface area contributed by atoms with Gasteiger partial charge in [0.1, 0.15) is 0 Å². The molecule has 3 heterocycles. The molecule has 76 valence electrons. The normalized spacial score (nSPS) is 13.7. The number of rotatable bonds is 0. The van der Waals surface area contributed by atoms with E-state index in [2.05, 4.69) is 16.1 Å². The van der Waals surface area contributed by atoms with Gasteiger partial charge in [0.25, 0.3) is 0 Å². The zero-order chi connectivity index (χ0) is 10.3. The van der Waals surface area contributed by atoms with E-state index >= 15 is 0 Å². The number of hydrogen-bond donors (Lipinski definition) is 0. The second-order valence-electron chi connectivity index (χ2n) is 3.68. The summed E-state index contributed by atoms with van der Waals surface area (Å²) in [5, 5.41) is 4.19. The van der Waals surface area contributed by atoms with Crippen LogP contribution in [0.2, 0.25) is 0 Å². The summed E-state index contributed by atoms with van der Waals surface area (Å²) in [5.41, 5.74) is 2.23. The van der Waals surface area contributed by atoms with Gasteiger partial charge in [-0.1, -0.05) is 0 Å². The van der Waals surface area contributed by atoms with E-state index in [0.29, 0.717) is 0 Å². The molecule has 3 rings (SSSR count). The van der Waals surface area contributed by atoms with E-state index in [1.807, 2.05) is 17.7 Å². The van der Waals surface area contributed by atoms with Crippen molar-refractivity contribution in [3.63, 3.8) is 0 Å². The van der Waals surface area contributed by atoms with Crippen molar-refractivity contribution in [1.82, 2.24) is 14.8 Å². The minimum absolute atomic E-state index is 0.791. The van der Waals surface area contributed by atoms with Gasteiger partial charge in [-0.25, -0.2) is 4.68 Å². The molecule has 4 heteroatoms. The molecule has 0 aromatic carbocycles. The van der Waals surface area contributed by atoms with Crippen molar-refractivity contribution in [2.45, 2.75) is 19.9 Å². The molecule has 0 spiro atoms. The molecule has 0 aliphatic carbocycles. The zero-order valence-corrected chi connectivity index (χ0v) is 8.47. The van der Waals surface area contributed by atoms with Crippen molar-refractivity contribution in [1.29, 1.82) is 0 Å². The number of aryl methyl sites for hydroxylation is 3. The Balaban J connectivity index is 2.08. The van der Waals surface area contributed by atoms with Crippen LogP contribution in [0.3, 0.4) is 0 Å². The molecule has 4 nitrogen and oxygen atoms in total. The monoisotopic (exact) mass is 201 g/mol. The van der Waals surface area contributed by atoms with Crippen LogP contribution in [0.25, 0.3) is 0 Å². The Hall–Kier alpha value is -1.84. The lowest BCUT2D eigenvalue weighted by atomic mass is 10.1. The maximum absolute atomic E-state index is 5.74. The lowest BCUT2D eigenvalue weighted by molar-refractivity contribution is 0.427. The zero-order valence-electron chi connectivity index (χ0n) is 8.47. The predicted molar refractivity (Wildman–Crippen MR) is 55.0 cm³/mol. The van der Waals surface area contributed by atoms with E-state index in [1.54, 1.807) is 12.4 Å². The molecule has 0 saturated carbocycles. The van der Waals surface area contributed by atoms with Crippen molar-refractivity contribution in [3.8, 4) is 11.6 Å². The molecule has 0 radical (unpaired) electrons. The van der Waals surface area contributed by atoms with Gasteiger partial charge >= 0.3 is 0 Å². The molecule has 0 saturated heterocycles. The van der Waals surface area contributed by atoms with E-state index < -0.39 is 0 Å². The van der Waals surface area contributed by atoms with Gasteiger partial charge in [0, 0.05) is 23.9 Å². The molecule has 0 bridgehead atoms. The number of ether oxygens (including phenoxy) is 1. The Bertz CT molecular complexity index is 504. The second kappa shape index (κ2) is 3.08. The first kappa shape index (κ1) is 8.47. The number of pyridine rings is 1. The standard InChI is InChI=1S/C11H11N3O/c1-8-6-9-3-5-14-11(2-4-13-14)15-10(9)7-12-8/h2,4,6-7H,3,5H2,1H3. The molecule has 0 amide bonds. The third-order valence-corrected chi connectivity index (χ3v) is 2.57. The van der Waals surface area contributed by atoms with Gasteiger partial charge in [0.05, 0.1) is 12.4 Å². The Kier molecular flexibility index (Phi) is 1.74. The summed E-state index contributed by atoms with van der Waals surface area (Å²) < 4.78 is 7.61. The highest BCUT2D eigenvalue weighted by Crippen LogP contribution is 2.28. The van der Waals surface area contributed by atoms with E-state index in [-0.39, 0.29) is 0 Å². The summed E-state index contributed by atoms with van der Waals surface area (Å²) in [6.45, 7) is 2.85. The smallest absolute Gasteiger partial charge is 0.217 e. The molecule has 0 fully saturated rings. The molecule has 2 aromatic heterocycles. The number of aromatic nitrogens is 3. The first-order valence-corrected chi connectivity index (χ1v) is 4.98. The summed E-state index contributed by atoms with van der Waals surface area (Å²) >= 11 is 0. The molecule has 15 heavy (non-hydrogen) atoms. The summed E-state index contributed by atoms with van der Waals surface area (Å²) in [6, 6.07) is 3.94. The maximum Gasteiger partial charge on any atom is 0.217 e. The Morgan fingerprint density at radius 1 is 1.47 bits per heavy atom. The number of fused-ring (bicyclic) bond motifs is 2. The topological polar surface area (TPSA) is 39.9 Å². The van der Waals surface area contributed by atoms with Gasteiger partial charge in [0.2, 0.25) is 5.88 Å². The molecular formula is C11H11N3O. The van der Waals surface area contributed by atoms with Gasteiger partial charge in [-0.15, -0.1) is 0 Å². The maximum atomic E-state index is 5.74. The minimum atomic E-state index is 0.791. The molecular weight excluding hydrogens is 190 g/mol. The highest BCUT2D eigenvalue weighted by atomic mass is 16.5. The van der Waals surface area contributed by atoms with Crippen LogP contribution >= 0.6 is 0 Å². The fourth-order valence-electron chi connectivity index (χ4n) is 1.81. The summed E-state index contributed by atoms with van der Waals surface area (Å²) in [4.78, 5) is 4.24. The van der Waals surface area contributed by atoms with Crippen LogP contribution in [0.1, 0.15) is 11.3 Å². The van der Waals surface area contributed by atoms with Crippen molar-refractivity contribution in [2.75, 3.05) is 0 Å². The molecule has 2 aromatic rings.